The van der Waals surface area contributed by atoms with Gasteiger partial charge in [-0.2, -0.15) is 0 Å². The van der Waals surface area contributed by atoms with Gasteiger partial charge in [0.25, 0.3) is 0 Å². The van der Waals surface area contributed by atoms with Crippen LogP contribution in [0.4, 0.5) is 5.82 Å². The zero-order valence-corrected chi connectivity index (χ0v) is 12.9. The molecule has 1 aromatic heterocycles. The fourth-order valence-electron chi connectivity index (χ4n) is 2.56. The first-order valence-electron chi connectivity index (χ1n) is 6.78. The summed E-state index contributed by atoms with van der Waals surface area (Å²) >= 11 is 6.17. The van der Waals surface area contributed by atoms with E-state index in [0.29, 0.717) is 12.1 Å². The molecule has 1 fully saturated rings. The average molecular weight is 283 g/mol. The van der Waals surface area contributed by atoms with Crippen LogP contribution in [0.25, 0.3) is 0 Å². The number of aromatic nitrogens is 1. The summed E-state index contributed by atoms with van der Waals surface area (Å²) < 4.78 is 0. The van der Waals surface area contributed by atoms with Gasteiger partial charge in [-0.1, -0.05) is 11.6 Å². The van der Waals surface area contributed by atoms with Crippen molar-refractivity contribution >= 4 is 17.4 Å². The predicted molar refractivity (Wildman–Crippen MR) is 80.9 cm³/mol. The van der Waals surface area contributed by atoms with Crippen molar-refractivity contribution in [3.8, 4) is 0 Å². The summed E-state index contributed by atoms with van der Waals surface area (Å²) in [7, 11) is 4.12. The van der Waals surface area contributed by atoms with Gasteiger partial charge < -0.3 is 10.2 Å². The molecule has 19 heavy (non-hydrogen) atoms. The Morgan fingerprint density at radius 2 is 2.00 bits per heavy atom. The van der Waals surface area contributed by atoms with Crippen molar-refractivity contribution in [1.82, 2.24) is 15.2 Å². The van der Waals surface area contributed by atoms with E-state index in [1.165, 1.54) is 0 Å². The summed E-state index contributed by atoms with van der Waals surface area (Å²) in [6.07, 6.45) is 1.76. The molecule has 0 bridgehead atoms. The van der Waals surface area contributed by atoms with Gasteiger partial charge in [0.1, 0.15) is 5.82 Å². The highest BCUT2D eigenvalue weighted by atomic mass is 35.5. The van der Waals surface area contributed by atoms with E-state index in [1.807, 2.05) is 7.05 Å². The number of hydrogen-bond acceptors (Lipinski definition) is 4. The highest BCUT2D eigenvalue weighted by molar-refractivity contribution is 6.31. The third-order valence-corrected chi connectivity index (χ3v) is 4.31. The van der Waals surface area contributed by atoms with E-state index in [2.05, 4.69) is 47.1 Å². The number of piperazine rings is 1. The lowest BCUT2D eigenvalue weighted by Crippen LogP contribution is -2.55. The maximum atomic E-state index is 6.17. The lowest BCUT2D eigenvalue weighted by atomic mass is 10.1. The van der Waals surface area contributed by atoms with Crippen molar-refractivity contribution in [3.05, 3.63) is 22.8 Å². The highest BCUT2D eigenvalue weighted by Gasteiger charge is 2.27. The molecule has 2 atom stereocenters. The van der Waals surface area contributed by atoms with Gasteiger partial charge in [0.2, 0.25) is 0 Å². The van der Waals surface area contributed by atoms with Crippen molar-refractivity contribution in [2.75, 3.05) is 32.1 Å². The van der Waals surface area contributed by atoms with Gasteiger partial charge in [-0.25, -0.2) is 4.98 Å². The third-order valence-electron chi connectivity index (χ3n) is 3.97. The Balaban J connectivity index is 2.20. The van der Waals surface area contributed by atoms with Crippen molar-refractivity contribution in [2.45, 2.75) is 32.5 Å². The molecule has 1 aliphatic heterocycles. The number of pyridine rings is 1. The minimum atomic E-state index is 0.536. The summed E-state index contributed by atoms with van der Waals surface area (Å²) in [6, 6.07) is 3.17. The van der Waals surface area contributed by atoms with E-state index in [4.69, 9.17) is 11.6 Å². The van der Waals surface area contributed by atoms with Crippen LogP contribution in [0.15, 0.2) is 12.3 Å². The van der Waals surface area contributed by atoms with Crippen LogP contribution in [0.5, 0.6) is 0 Å². The van der Waals surface area contributed by atoms with Crippen LogP contribution in [-0.2, 0) is 6.54 Å². The maximum Gasteiger partial charge on any atom is 0.129 e. The first-order chi connectivity index (χ1) is 9.02. The van der Waals surface area contributed by atoms with Crippen molar-refractivity contribution in [3.63, 3.8) is 0 Å². The summed E-state index contributed by atoms with van der Waals surface area (Å²) in [5.74, 6) is 1.03. The molecule has 0 radical (unpaired) electrons. The predicted octanol–water partition coefficient (Wildman–Crippen LogP) is 1.98. The second-order valence-electron chi connectivity index (χ2n) is 5.43. The molecule has 1 aromatic rings. The van der Waals surface area contributed by atoms with Crippen LogP contribution >= 0.6 is 11.6 Å². The minimum Gasteiger partial charge on any atom is -0.353 e. The maximum absolute atomic E-state index is 6.17. The lowest BCUT2D eigenvalue weighted by molar-refractivity contribution is 0.169. The molecule has 1 aliphatic rings. The van der Waals surface area contributed by atoms with Crippen molar-refractivity contribution < 1.29 is 0 Å². The number of likely N-dealkylation sites (N-methyl/N-ethyl adjacent to an activating group) is 1. The van der Waals surface area contributed by atoms with Gasteiger partial charge in [0.05, 0.1) is 5.02 Å². The minimum absolute atomic E-state index is 0.536. The molecule has 0 aliphatic carbocycles. The van der Waals surface area contributed by atoms with Gasteiger partial charge in [-0.3, -0.25) is 4.90 Å². The Kier molecular flexibility index (Phi) is 4.66. The van der Waals surface area contributed by atoms with Crippen LogP contribution in [0.2, 0.25) is 5.02 Å². The number of nitrogens with zero attached hydrogens (tertiary/aromatic N) is 3. The fraction of sp³-hybridized carbons (Fsp3) is 0.643. The van der Waals surface area contributed by atoms with Crippen molar-refractivity contribution in [2.24, 2.45) is 0 Å². The molecular formula is C14H23ClN4. The Bertz CT molecular complexity index is 425. The Morgan fingerprint density at radius 1 is 1.37 bits per heavy atom. The van der Waals surface area contributed by atoms with Crippen LogP contribution in [0.3, 0.4) is 0 Å². The first-order valence-corrected chi connectivity index (χ1v) is 7.16. The summed E-state index contributed by atoms with van der Waals surface area (Å²) in [5.41, 5.74) is 1.11. The van der Waals surface area contributed by atoms with Crippen LogP contribution < -0.4 is 10.2 Å². The molecule has 1 saturated heterocycles. The van der Waals surface area contributed by atoms with E-state index in [0.717, 1.165) is 36.0 Å². The number of rotatable bonds is 3. The number of nitrogens with one attached hydrogen (secondary N) is 1. The summed E-state index contributed by atoms with van der Waals surface area (Å²) in [4.78, 5) is 9.26. The topological polar surface area (TPSA) is 31.4 Å². The van der Waals surface area contributed by atoms with Gasteiger partial charge >= 0.3 is 0 Å². The van der Waals surface area contributed by atoms with Gasteiger partial charge in [-0.15, -0.1) is 0 Å². The summed E-state index contributed by atoms with van der Waals surface area (Å²) in [6.45, 7) is 7.30. The normalized spacial score (nSPS) is 24.8. The molecule has 0 amide bonds. The largest absolute Gasteiger partial charge is 0.353 e. The number of halogens is 1. The molecule has 4 nitrogen and oxygen atoms in total. The molecule has 2 heterocycles. The molecule has 106 valence electrons. The van der Waals surface area contributed by atoms with Gasteiger partial charge in [0.15, 0.2) is 0 Å². The fourth-order valence-corrected chi connectivity index (χ4v) is 2.73. The van der Waals surface area contributed by atoms with Gasteiger partial charge in [-0.05, 0) is 39.6 Å². The second-order valence-corrected chi connectivity index (χ2v) is 5.84. The zero-order chi connectivity index (χ0) is 14.0. The quantitative estimate of drug-likeness (QED) is 0.919. The number of anilines is 1. The second kappa shape index (κ2) is 6.07. The van der Waals surface area contributed by atoms with Crippen molar-refractivity contribution in [1.29, 1.82) is 0 Å². The smallest absolute Gasteiger partial charge is 0.129 e. The SMILES string of the molecule is CNCc1cc(N2CC(C)N(C)C(C)C2)ncc1Cl. The first kappa shape index (κ1) is 14.6. The molecule has 1 N–H and O–H groups in total. The van der Waals surface area contributed by atoms with Gasteiger partial charge in [0, 0.05) is 37.9 Å². The zero-order valence-electron chi connectivity index (χ0n) is 12.2. The van der Waals surface area contributed by atoms with Crippen LogP contribution in [0, 0.1) is 0 Å². The van der Waals surface area contributed by atoms with E-state index in [1.54, 1.807) is 6.20 Å². The molecular weight excluding hydrogens is 260 g/mol. The Hall–Kier alpha value is -0.840. The van der Waals surface area contributed by atoms with Crippen LogP contribution in [0.1, 0.15) is 19.4 Å². The van der Waals surface area contributed by atoms with E-state index in [-0.39, 0.29) is 0 Å². The molecule has 5 heteroatoms. The molecule has 2 rings (SSSR count). The molecule has 0 saturated carbocycles. The van der Waals surface area contributed by atoms with Crippen LogP contribution in [-0.4, -0.2) is 49.2 Å². The molecule has 2 unspecified atom stereocenters. The van der Waals surface area contributed by atoms with E-state index in [9.17, 15) is 0 Å². The third kappa shape index (κ3) is 3.19. The molecule has 0 spiro atoms. The Morgan fingerprint density at radius 3 is 2.58 bits per heavy atom. The summed E-state index contributed by atoms with van der Waals surface area (Å²) in [5, 5.41) is 3.87. The average Bonchev–Trinajstić information content (AvgIpc) is 2.38. The monoisotopic (exact) mass is 282 g/mol. The van der Waals surface area contributed by atoms with E-state index >= 15 is 0 Å². The molecule has 0 aromatic carbocycles. The Labute approximate surface area is 120 Å². The standard InChI is InChI=1S/C14H23ClN4/c1-10-8-19(9-11(2)18(10)4)14-5-12(6-16-3)13(15)7-17-14/h5,7,10-11,16H,6,8-9H2,1-4H3. The number of hydrogen-bond donors (Lipinski definition) is 1. The van der Waals surface area contributed by atoms with E-state index < -0.39 is 0 Å². The lowest BCUT2D eigenvalue weighted by Gasteiger charge is -2.43. The highest BCUT2D eigenvalue weighted by Crippen LogP contribution is 2.23.